The first-order chi connectivity index (χ1) is 15.2. The molecule has 1 aliphatic heterocycles. The van der Waals surface area contributed by atoms with Crippen LogP contribution in [0.5, 0.6) is 0 Å². The molecule has 0 bridgehead atoms. The molecule has 0 radical (unpaired) electrons. The molecular formula is C24H28N4O4. The molecule has 1 unspecified atom stereocenters. The van der Waals surface area contributed by atoms with Gasteiger partial charge in [0.05, 0.1) is 0 Å². The quantitative estimate of drug-likeness (QED) is 0.652. The van der Waals surface area contributed by atoms with Crippen LogP contribution in [0.25, 0.3) is 0 Å². The van der Waals surface area contributed by atoms with E-state index in [4.69, 9.17) is 0 Å². The highest BCUT2D eigenvalue weighted by molar-refractivity contribution is 6.10. The molecule has 8 heteroatoms. The van der Waals surface area contributed by atoms with Crippen LogP contribution in [0.4, 0.5) is 10.5 Å². The Morgan fingerprint density at radius 1 is 1.00 bits per heavy atom. The number of benzene rings is 2. The van der Waals surface area contributed by atoms with E-state index < -0.39 is 29.9 Å². The van der Waals surface area contributed by atoms with Gasteiger partial charge in [-0.3, -0.25) is 19.3 Å². The Morgan fingerprint density at radius 3 is 2.16 bits per heavy atom. The predicted octanol–water partition coefficient (Wildman–Crippen LogP) is 2.88. The van der Waals surface area contributed by atoms with Gasteiger partial charge in [0.25, 0.3) is 11.8 Å². The van der Waals surface area contributed by atoms with Crippen molar-refractivity contribution >= 4 is 29.4 Å². The van der Waals surface area contributed by atoms with E-state index in [1.807, 2.05) is 32.9 Å². The standard InChI is InChI=1S/C24H28N4O4/c1-5-27(6-2)21(30)17-9-13-19(14-10-17)25-20(29)15-28-22(31)24(4,26-23(28)32)18-11-7-16(3)8-12-18/h7-14H,5-6,15H2,1-4H3,(H,25,29)(H,26,32). The summed E-state index contributed by atoms with van der Waals surface area (Å²) < 4.78 is 0. The van der Waals surface area contributed by atoms with E-state index in [-0.39, 0.29) is 5.91 Å². The minimum absolute atomic E-state index is 0.0809. The molecule has 1 aliphatic rings. The number of carbonyl (C=O) groups is 4. The lowest BCUT2D eigenvalue weighted by molar-refractivity contribution is -0.133. The number of nitrogens with zero attached hydrogens (tertiary/aromatic N) is 2. The summed E-state index contributed by atoms with van der Waals surface area (Å²) in [5.74, 6) is -1.08. The average molecular weight is 437 g/mol. The van der Waals surface area contributed by atoms with Gasteiger partial charge in [0.1, 0.15) is 12.1 Å². The maximum absolute atomic E-state index is 13.0. The zero-order valence-corrected chi connectivity index (χ0v) is 18.8. The van der Waals surface area contributed by atoms with Crippen molar-refractivity contribution in [3.63, 3.8) is 0 Å². The number of carbonyl (C=O) groups excluding carboxylic acids is 4. The molecular weight excluding hydrogens is 408 g/mol. The van der Waals surface area contributed by atoms with E-state index in [1.165, 1.54) is 0 Å². The van der Waals surface area contributed by atoms with Gasteiger partial charge in [-0.2, -0.15) is 0 Å². The first-order valence-electron chi connectivity index (χ1n) is 10.6. The van der Waals surface area contributed by atoms with E-state index in [9.17, 15) is 19.2 Å². The van der Waals surface area contributed by atoms with Gasteiger partial charge in [-0.05, 0) is 57.5 Å². The van der Waals surface area contributed by atoms with Crippen LogP contribution in [0.1, 0.15) is 42.3 Å². The van der Waals surface area contributed by atoms with Crippen molar-refractivity contribution in [3.05, 3.63) is 65.2 Å². The van der Waals surface area contributed by atoms with E-state index >= 15 is 0 Å². The Labute approximate surface area is 187 Å². The van der Waals surface area contributed by atoms with E-state index in [0.29, 0.717) is 29.9 Å². The van der Waals surface area contributed by atoms with Crippen LogP contribution in [0.3, 0.4) is 0 Å². The SMILES string of the molecule is CCN(CC)C(=O)c1ccc(NC(=O)CN2C(=O)NC(C)(c3ccc(C)cc3)C2=O)cc1. The lowest BCUT2D eigenvalue weighted by Crippen LogP contribution is -2.42. The van der Waals surface area contributed by atoms with Gasteiger partial charge in [0.15, 0.2) is 0 Å². The van der Waals surface area contributed by atoms with Gasteiger partial charge in [-0.25, -0.2) is 4.79 Å². The Balaban J connectivity index is 1.66. The third-order valence-corrected chi connectivity index (χ3v) is 5.67. The number of imide groups is 1. The summed E-state index contributed by atoms with van der Waals surface area (Å²) in [7, 11) is 0. The molecule has 168 valence electrons. The molecule has 2 N–H and O–H groups in total. The Bertz CT molecular complexity index is 1030. The Hall–Kier alpha value is -3.68. The number of urea groups is 1. The van der Waals surface area contributed by atoms with Crippen molar-refractivity contribution < 1.29 is 19.2 Å². The van der Waals surface area contributed by atoms with Crippen LogP contribution in [0, 0.1) is 6.92 Å². The van der Waals surface area contributed by atoms with Crippen molar-refractivity contribution in [2.45, 2.75) is 33.2 Å². The van der Waals surface area contributed by atoms with E-state index in [1.54, 1.807) is 48.2 Å². The highest BCUT2D eigenvalue weighted by atomic mass is 16.2. The summed E-state index contributed by atoms with van der Waals surface area (Å²) in [5.41, 5.74) is 1.46. The Kier molecular flexibility index (Phi) is 6.62. The average Bonchev–Trinajstić information content (AvgIpc) is 2.99. The minimum atomic E-state index is -1.22. The van der Waals surface area contributed by atoms with Crippen LogP contribution < -0.4 is 10.6 Å². The maximum Gasteiger partial charge on any atom is 0.325 e. The summed E-state index contributed by atoms with van der Waals surface area (Å²) in [6.07, 6.45) is 0. The van der Waals surface area contributed by atoms with Crippen LogP contribution in [-0.2, 0) is 15.1 Å². The van der Waals surface area contributed by atoms with Crippen LogP contribution in [-0.4, -0.2) is 53.2 Å². The third-order valence-electron chi connectivity index (χ3n) is 5.67. The second kappa shape index (κ2) is 9.21. The monoisotopic (exact) mass is 436 g/mol. The number of anilines is 1. The molecule has 1 fully saturated rings. The van der Waals surface area contributed by atoms with E-state index in [2.05, 4.69) is 10.6 Å². The number of hydrogen-bond donors (Lipinski definition) is 2. The van der Waals surface area contributed by atoms with Crippen molar-refractivity contribution in [2.75, 3.05) is 25.0 Å². The summed E-state index contributed by atoms with van der Waals surface area (Å²) in [6.45, 7) is 8.20. The minimum Gasteiger partial charge on any atom is -0.339 e. The summed E-state index contributed by atoms with van der Waals surface area (Å²) in [4.78, 5) is 52.9. The molecule has 3 rings (SSSR count). The maximum atomic E-state index is 13.0. The molecule has 0 aliphatic carbocycles. The van der Waals surface area contributed by atoms with Gasteiger partial charge in [0, 0.05) is 24.3 Å². The number of hydrogen-bond acceptors (Lipinski definition) is 4. The fourth-order valence-corrected chi connectivity index (χ4v) is 3.66. The van der Waals surface area contributed by atoms with Crippen LogP contribution in [0.15, 0.2) is 48.5 Å². The van der Waals surface area contributed by atoms with Gasteiger partial charge in [0.2, 0.25) is 5.91 Å². The lowest BCUT2D eigenvalue weighted by Gasteiger charge is -2.22. The Morgan fingerprint density at radius 2 is 1.59 bits per heavy atom. The van der Waals surface area contributed by atoms with Crippen LogP contribution in [0.2, 0.25) is 0 Å². The highest BCUT2D eigenvalue weighted by Crippen LogP contribution is 2.29. The van der Waals surface area contributed by atoms with Crippen molar-refractivity contribution in [1.29, 1.82) is 0 Å². The third kappa shape index (κ3) is 4.49. The normalized spacial score (nSPS) is 17.8. The second-order valence-electron chi connectivity index (χ2n) is 7.92. The zero-order valence-electron chi connectivity index (χ0n) is 18.8. The molecule has 0 aromatic heterocycles. The molecule has 1 heterocycles. The number of rotatable bonds is 7. The molecule has 8 nitrogen and oxygen atoms in total. The van der Waals surface area contributed by atoms with Crippen molar-refractivity contribution in [1.82, 2.24) is 15.1 Å². The number of amides is 5. The fourth-order valence-electron chi connectivity index (χ4n) is 3.66. The van der Waals surface area contributed by atoms with Gasteiger partial charge in [-0.1, -0.05) is 29.8 Å². The predicted molar refractivity (Wildman–Crippen MR) is 121 cm³/mol. The van der Waals surface area contributed by atoms with Gasteiger partial charge < -0.3 is 15.5 Å². The molecule has 32 heavy (non-hydrogen) atoms. The van der Waals surface area contributed by atoms with Crippen LogP contribution >= 0.6 is 0 Å². The first-order valence-corrected chi connectivity index (χ1v) is 10.6. The van der Waals surface area contributed by atoms with Gasteiger partial charge in [-0.15, -0.1) is 0 Å². The number of aryl methyl sites for hydroxylation is 1. The zero-order chi connectivity index (χ0) is 23.5. The molecule has 1 saturated heterocycles. The van der Waals surface area contributed by atoms with Crippen molar-refractivity contribution in [3.8, 4) is 0 Å². The second-order valence-corrected chi connectivity index (χ2v) is 7.92. The fraction of sp³-hybridized carbons (Fsp3) is 0.333. The van der Waals surface area contributed by atoms with Crippen molar-refractivity contribution in [2.24, 2.45) is 0 Å². The smallest absolute Gasteiger partial charge is 0.325 e. The largest absolute Gasteiger partial charge is 0.339 e. The highest BCUT2D eigenvalue weighted by Gasteiger charge is 2.49. The molecule has 2 aromatic rings. The summed E-state index contributed by atoms with van der Waals surface area (Å²) in [6, 6.07) is 13.2. The first kappa shape index (κ1) is 23.0. The lowest BCUT2D eigenvalue weighted by atomic mass is 9.91. The topological polar surface area (TPSA) is 98.8 Å². The number of nitrogens with one attached hydrogen (secondary N) is 2. The van der Waals surface area contributed by atoms with Gasteiger partial charge >= 0.3 is 6.03 Å². The molecule has 2 aromatic carbocycles. The summed E-state index contributed by atoms with van der Waals surface area (Å²) in [5, 5.41) is 5.36. The van der Waals surface area contributed by atoms with E-state index in [0.717, 1.165) is 10.5 Å². The molecule has 0 spiro atoms. The molecule has 0 saturated carbocycles. The summed E-state index contributed by atoms with van der Waals surface area (Å²) >= 11 is 0. The molecule has 5 amide bonds. The molecule has 1 atom stereocenters.